The van der Waals surface area contributed by atoms with Gasteiger partial charge < -0.3 is 10.2 Å². The first-order valence-electron chi connectivity index (χ1n) is 6.33. The largest absolute Gasteiger partial charge is 0.351 e. The molecule has 0 aromatic carbocycles. The lowest BCUT2D eigenvalue weighted by molar-refractivity contribution is -0.122. The van der Waals surface area contributed by atoms with E-state index < -0.39 is 0 Å². The summed E-state index contributed by atoms with van der Waals surface area (Å²) in [5.41, 5.74) is 0. The first-order valence-corrected chi connectivity index (χ1v) is 7.24. The molecular weight excluding hydrogens is 280 g/mol. The third-order valence-electron chi connectivity index (χ3n) is 2.52. The minimum absolute atomic E-state index is 0.0978. The fourth-order valence-electron chi connectivity index (χ4n) is 1.77. The van der Waals surface area contributed by atoms with Crippen molar-refractivity contribution in [2.45, 2.75) is 45.0 Å². The van der Waals surface area contributed by atoms with Crippen LogP contribution in [0, 0.1) is 11.8 Å². The van der Waals surface area contributed by atoms with Crippen molar-refractivity contribution in [3.8, 4) is 0 Å². The van der Waals surface area contributed by atoms with Crippen molar-refractivity contribution >= 4 is 21.8 Å². The van der Waals surface area contributed by atoms with E-state index in [1.807, 2.05) is 27.9 Å². The molecule has 0 radical (unpaired) electrons. The van der Waals surface area contributed by atoms with E-state index in [-0.39, 0.29) is 16.8 Å². The molecule has 0 heterocycles. The molecule has 0 aliphatic heterocycles. The molecule has 0 aliphatic carbocycles. The van der Waals surface area contributed by atoms with Gasteiger partial charge in [-0.05, 0) is 32.4 Å². The van der Waals surface area contributed by atoms with E-state index in [1.54, 1.807) is 0 Å². The number of hydrogen-bond donors (Lipinski definition) is 1. The Labute approximate surface area is 114 Å². The summed E-state index contributed by atoms with van der Waals surface area (Å²) in [5.74, 6) is 1.01. The van der Waals surface area contributed by atoms with Gasteiger partial charge in [0.25, 0.3) is 0 Å². The molecule has 0 aromatic rings. The van der Waals surface area contributed by atoms with Crippen LogP contribution in [0.1, 0.15) is 34.1 Å². The summed E-state index contributed by atoms with van der Waals surface area (Å²) >= 11 is 3.44. The Kier molecular flexibility index (Phi) is 8.05. The molecule has 0 aromatic heterocycles. The minimum Gasteiger partial charge on any atom is -0.351 e. The maximum absolute atomic E-state index is 12.0. The van der Waals surface area contributed by atoms with Gasteiger partial charge in [-0.3, -0.25) is 4.79 Å². The van der Waals surface area contributed by atoms with Gasteiger partial charge in [-0.1, -0.05) is 43.6 Å². The molecule has 0 rings (SSSR count). The number of hydrogen-bond acceptors (Lipinski definition) is 2. The first kappa shape index (κ1) is 16.9. The molecular formula is C13H27BrN2O. The molecule has 0 fully saturated rings. The number of carbonyl (C=O) groups excluding carboxylic acids is 1. The van der Waals surface area contributed by atoms with Crippen molar-refractivity contribution in [3.05, 3.63) is 0 Å². The maximum Gasteiger partial charge on any atom is 0.234 e. The second kappa shape index (κ2) is 8.09. The van der Waals surface area contributed by atoms with Crippen LogP contribution in [0.2, 0.25) is 0 Å². The highest BCUT2D eigenvalue weighted by Crippen LogP contribution is 2.13. The lowest BCUT2D eigenvalue weighted by Crippen LogP contribution is -2.46. The Morgan fingerprint density at radius 1 is 1.24 bits per heavy atom. The number of halogens is 1. The predicted octanol–water partition coefficient (Wildman–Crippen LogP) is 2.50. The third kappa shape index (κ3) is 7.77. The van der Waals surface area contributed by atoms with Gasteiger partial charge in [0.15, 0.2) is 0 Å². The Bertz CT molecular complexity index is 219. The van der Waals surface area contributed by atoms with Crippen LogP contribution in [0.4, 0.5) is 0 Å². The average Bonchev–Trinajstić information content (AvgIpc) is 2.13. The van der Waals surface area contributed by atoms with Gasteiger partial charge in [-0.15, -0.1) is 0 Å². The van der Waals surface area contributed by atoms with Gasteiger partial charge >= 0.3 is 0 Å². The van der Waals surface area contributed by atoms with E-state index in [1.165, 1.54) is 0 Å². The van der Waals surface area contributed by atoms with Crippen LogP contribution < -0.4 is 5.32 Å². The number of nitrogens with zero attached hydrogens (tertiary/aromatic N) is 1. The molecule has 0 aliphatic rings. The van der Waals surface area contributed by atoms with Gasteiger partial charge in [0.1, 0.15) is 0 Å². The van der Waals surface area contributed by atoms with Crippen molar-refractivity contribution in [3.63, 3.8) is 0 Å². The third-order valence-corrected chi connectivity index (χ3v) is 4.00. The van der Waals surface area contributed by atoms with Gasteiger partial charge in [-0.2, -0.15) is 0 Å². The van der Waals surface area contributed by atoms with Crippen molar-refractivity contribution in [1.82, 2.24) is 10.2 Å². The van der Waals surface area contributed by atoms with Crippen molar-refractivity contribution in [2.24, 2.45) is 11.8 Å². The number of likely N-dealkylation sites (N-methyl/N-ethyl adjacent to an activating group) is 1. The fourth-order valence-corrected chi connectivity index (χ4v) is 1.90. The summed E-state index contributed by atoms with van der Waals surface area (Å²) in [6, 6.07) is 0.233. The van der Waals surface area contributed by atoms with Crippen LogP contribution >= 0.6 is 15.9 Å². The van der Waals surface area contributed by atoms with Crippen LogP contribution in [-0.4, -0.2) is 42.3 Å². The summed E-state index contributed by atoms with van der Waals surface area (Å²) in [6.45, 7) is 9.35. The standard InChI is InChI=1S/C13H27BrN2O/c1-9(2)7-11(8-16(5)6)15-13(17)12(14)10(3)4/h9-12H,7-8H2,1-6H3,(H,15,17). The lowest BCUT2D eigenvalue weighted by atomic mass is 10.0. The second-order valence-electron chi connectivity index (χ2n) is 5.74. The van der Waals surface area contributed by atoms with E-state index in [2.05, 4.69) is 40.0 Å². The monoisotopic (exact) mass is 306 g/mol. The summed E-state index contributed by atoms with van der Waals surface area (Å²) < 4.78 is 0. The highest BCUT2D eigenvalue weighted by molar-refractivity contribution is 9.10. The van der Waals surface area contributed by atoms with E-state index in [0.29, 0.717) is 11.8 Å². The summed E-state index contributed by atoms with van der Waals surface area (Å²) in [5, 5.41) is 3.13. The van der Waals surface area contributed by atoms with Crippen LogP contribution in [-0.2, 0) is 4.79 Å². The minimum atomic E-state index is -0.0978. The number of carbonyl (C=O) groups is 1. The molecule has 1 N–H and O–H groups in total. The normalized spacial score (nSPS) is 15.4. The van der Waals surface area contributed by atoms with Gasteiger partial charge in [0.05, 0.1) is 4.83 Å². The fraction of sp³-hybridized carbons (Fsp3) is 0.923. The molecule has 2 atom stereocenters. The second-order valence-corrected chi connectivity index (χ2v) is 6.73. The summed E-state index contributed by atoms with van der Waals surface area (Å²) in [7, 11) is 4.07. The highest BCUT2D eigenvalue weighted by Gasteiger charge is 2.22. The summed E-state index contributed by atoms with van der Waals surface area (Å²) in [6.07, 6.45) is 1.02. The Hall–Kier alpha value is -0.0900. The van der Waals surface area contributed by atoms with Crippen LogP contribution in [0.15, 0.2) is 0 Å². The molecule has 3 nitrogen and oxygen atoms in total. The van der Waals surface area contributed by atoms with Crippen molar-refractivity contribution < 1.29 is 4.79 Å². The zero-order valence-corrected chi connectivity index (χ0v) is 13.5. The number of alkyl halides is 1. The topological polar surface area (TPSA) is 32.3 Å². The Balaban J connectivity index is 4.36. The first-order chi connectivity index (χ1) is 7.73. The molecule has 1 amide bonds. The summed E-state index contributed by atoms with van der Waals surface area (Å²) in [4.78, 5) is 14.0. The Morgan fingerprint density at radius 3 is 2.12 bits per heavy atom. The van der Waals surface area contributed by atoms with E-state index in [0.717, 1.165) is 13.0 Å². The Morgan fingerprint density at radius 2 is 1.76 bits per heavy atom. The molecule has 0 saturated carbocycles. The molecule has 17 heavy (non-hydrogen) atoms. The quantitative estimate of drug-likeness (QED) is 0.733. The van der Waals surface area contributed by atoms with E-state index >= 15 is 0 Å². The van der Waals surface area contributed by atoms with E-state index in [4.69, 9.17) is 0 Å². The molecule has 0 spiro atoms. The van der Waals surface area contributed by atoms with Gasteiger partial charge in [0.2, 0.25) is 5.91 Å². The molecule has 4 heteroatoms. The van der Waals surface area contributed by atoms with Crippen molar-refractivity contribution in [1.29, 1.82) is 0 Å². The lowest BCUT2D eigenvalue weighted by Gasteiger charge is -2.25. The van der Waals surface area contributed by atoms with E-state index in [9.17, 15) is 4.79 Å². The number of nitrogens with one attached hydrogen (secondary N) is 1. The predicted molar refractivity (Wildman–Crippen MR) is 77.5 cm³/mol. The zero-order valence-electron chi connectivity index (χ0n) is 12.0. The SMILES string of the molecule is CC(C)CC(CN(C)C)NC(=O)C(Br)C(C)C. The van der Waals surface area contributed by atoms with Crippen LogP contribution in [0.3, 0.4) is 0 Å². The maximum atomic E-state index is 12.0. The average molecular weight is 307 g/mol. The molecule has 0 bridgehead atoms. The van der Waals surface area contributed by atoms with Crippen LogP contribution in [0.5, 0.6) is 0 Å². The number of rotatable bonds is 7. The highest BCUT2D eigenvalue weighted by atomic mass is 79.9. The van der Waals surface area contributed by atoms with Crippen molar-refractivity contribution in [2.75, 3.05) is 20.6 Å². The molecule has 102 valence electrons. The van der Waals surface area contributed by atoms with Crippen LogP contribution in [0.25, 0.3) is 0 Å². The molecule has 2 unspecified atom stereocenters. The zero-order chi connectivity index (χ0) is 13.6. The van der Waals surface area contributed by atoms with Gasteiger partial charge in [-0.25, -0.2) is 0 Å². The molecule has 0 saturated heterocycles. The number of amides is 1. The van der Waals surface area contributed by atoms with Gasteiger partial charge in [0, 0.05) is 12.6 Å². The smallest absolute Gasteiger partial charge is 0.234 e.